The third-order valence-electron chi connectivity index (χ3n) is 2.37. The molecule has 5 heteroatoms. The van der Waals surface area contributed by atoms with Crippen LogP contribution in [-0.2, 0) is 6.54 Å². The number of rotatable bonds is 5. The molecule has 1 heterocycles. The molecule has 1 aromatic rings. The van der Waals surface area contributed by atoms with Crippen LogP contribution in [-0.4, -0.2) is 23.9 Å². The first-order valence-electron chi connectivity index (χ1n) is 5.02. The number of nitrogens with two attached hydrogens (primary N) is 1. The van der Waals surface area contributed by atoms with Gasteiger partial charge in [-0.05, 0) is 19.2 Å². The second-order valence-electron chi connectivity index (χ2n) is 3.21. The van der Waals surface area contributed by atoms with Crippen LogP contribution in [0.1, 0.15) is 30.0 Å². The molecule has 0 aliphatic rings. The van der Waals surface area contributed by atoms with Gasteiger partial charge in [-0.3, -0.25) is 15.1 Å². The van der Waals surface area contributed by atoms with Crippen molar-refractivity contribution in [2.45, 2.75) is 20.4 Å². The van der Waals surface area contributed by atoms with Gasteiger partial charge in [0.05, 0.1) is 6.26 Å². The van der Waals surface area contributed by atoms with Gasteiger partial charge in [-0.1, -0.05) is 13.8 Å². The summed E-state index contributed by atoms with van der Waals surface area (Å²) in [6.45, 7) is 6.72. The van der Waals surface area contributed by atoms with Crippen LogP contribution in [0.15, 0.2) is 16.7 Å². The van der Waals surface area contributed by atoms with Gasteiger partial charge in [0.1, 0.15) is 0 Å². The molecular weight excluding hydrogens is 194 g/mol. The summed E-state index contributed by atoms with van der Waals surface area (Å²) in [6, 6.07) is 1.79. The van der Waals surface area contributed by atoms with Crippen LogP contribution in [0.25, 0.3) is 0 Å². The number of nitrogens with one attached hydrogen (secondary N) is 1. The predicted octanol–water partition coefficient (Wildman–Crippen LogP) is 0.725. The smallest absolute Gasteiger partial charge is 0.301 e. The van der Waals surface area contributed by atoms with Crippen LogP contribution in [0.4, 0.5) is 0 Å². The van der Waals surface area contributed by atoms with Gasteiger partial charge in [-0.2, -0.15) is 0 Å². The van der Waals surface area contributed by atoms with Gasteiger partial charge >= 0.3 is 5.91 Å². The van der Waals surface area contributed by atoms with E-state index in [4.69, 9.17) is 10.3 Å². The number of nitrogens with zero attached hydrogens (tertiary/aromatic N) is 1. The Morgan fingerprint density at radius 1 is 1.53 bits per heavy atom. The van der Waals surface area contributed by atoms with Crippen molar-refractivity contribution in [1.29, 1.82) is 0 Å². The Balaban J connectivity index is 2.76. The van der Waals surface area contributed by atoms with Crippen molar-refractivity contribution in [3.8, 4) is 0 Å². The molecule has 1 amide bonds. The molecule has 15 heavy (non-hydrogen) atoms. The van der Waals surface area contributed by atoms with Crippen LogP contribution >= 0.6 is 0 Å². The molecule has 0 aliphatic heterocycles. The van der Waals surface area contributed by atoms with Crippen molar-refractivity contribution >= 4 is 5.91 Å². The monoisotopic (exact) mass is 211 g/mol. The quantitative estimate of drug-likeness (QED) is 0.428. The van der Waals surface area contributed by atoms with Crippen LogP contribution in [0.2, 0.25) is 0 Å². The average Bonchev–Trinajstić information content (AvgIpc) is 2.72. The topological polar surface area (TPSA) is 71.5 Å². The van der Waals surface area contributed by atoms with Crippen LogP contribution in [0, 0.1) is 0 Å². The van der Waals surface area contributed by atoms with Crippen LogP contribution < -0.4 is 11.3 Å². The van der Waals surface area contributed by atoms with Gasteiger partial charge in [0, 0.05) is 12.1 Å². The van der Waals surface area contributed by atoms with Crippen LogP contribution in [0.3, 0.4) is 0 Å². The Hall–Kier alpha value is -1.33. The lowest BCUT2D eigenvalue weighted by atomic mass is 10.2. The number of hydrogen-bond acceptors (Lipinski definition) is 4. The number of amides is 1. The second-order valence-corrected chi connectivity index (χ2v) is 3.21. The van der Waals surface area contributed by atoms with Gasteiger partial charge in [0.15, 0.2) is 5.76 Å². The summed E-state index contributed by atoms with van der Waals surface area (Å²) >= 11 is 0. The average molecular weight is 211 g/mol. The maximum absolute atomic E-state index is 11.3. The van der Waals surface area contributed by atoms with Crippen LogP contribution in [0.5, 0.6) is 0 Å². The van der Waals surface area contributed by atoms with Crippen molar-refractivity contribution in [2.24, 2.45) is 5.84 Å². The van der Waals surface area contributed by atoms with E-state index in [9.17, 15) is 4.79 Å². The maximum atomic E-state index is 11.3. The summed E-state index contributed by atoms with van der Waals surface area (Å²) in [5.74, 6) is 4.96. The van der Waals surface area contributed by atoms with E-state index in [1.807, 2.05) is 0 Å². The zero-order valence-electron chi connectivity index (χ0n) is 9.12. The molecular formula is C10H17N3O2. The zero-order chi connectivity index (χ0) is 11.3. The fourth-order valence-electron chi connectivity index (χ4n) is 1.41. The molecule has 0 fully saturated rings. The molecule has 5 nitrogen and oxygen atoms in total. The van der Waals surface area contributed by atoms with Crippen molar-refractivity contribution in [1.82, 2.24) is 10.3 Å². The Labute approximate surface area is 89.2 Å². The van der Waals surface area contributed by atoms with E-state index in [-0.39, 0.29) is 5.91 Å². The zero-order valence-corrected chi connectivity index (χ0v) is 9.12. The van der Waals surface area contributed by atoms with Gasteiger partial charge in [0.2, 0.25) is 0 Å². The predicted molar refractivity (Wildman–Crippen MR) is 57.0 cm³/mol. The summed E-state index contributed by atoms with van der Waals surface area (Å²) in [5.41, 5.74) is 2.93. The molecule has 3 N–H and O–H groups in total. The third-order valence-corrected chi connectivity index (χ3v) is 2.37. The largest absolute Gasteiger partial charge is 0.459 e. The third kappa shape index (κ3) is 2.81. The van der Waals surface area contributed by atoms with Crippen molar-refractivity contribution < 1.29 is 9.21 Å². The Morgan fingerprint density at radius 3 is 2.73 bits per heavy atom. The molecule has 0 saturated carbocycles. The van der Waals surface area contributed by atoms with Gasteiger partial charge in [-0.15, -0.1) is 0 Å². The van der Waals surface area contributed by atoms with E-state index in [0.29, 0.717) is 12.3 Å². The van der Waals surface area contributed by atoms with Gasteiger partial charge in [0.25, 0.3) is 0 Å². The molecule has 1 aromatic heterocycles. The number of furan rings is 1. The number of nitrogen functional groups attached to an aromatic ring is 1. The van der Waals surface area contributed by atoms with E-state index in [0.717, 1.165) is 18.7 Å². The first-order valence-corrected chi connectivity index (χ1v) is 5.02. The van der Waals surface area contributed by atoms with Crippen molar-refractivity contribution in [3.05, 3.63) is 23.7 Å². The number of carbonyl (C=O) groups is 1. The summed E-state index contributed by atoms with van der Waals surface area (Å²) < 4.78 is 5.09. The molecule has 0 aliphatic carbocycles. The van der Waals surface area contributed by atoms with Crippen molar-refractivity contribution in [2.75, 3.05) is 13.1 Å². The Bertz CT molecular complexity index is 318. The van der Waals surface area contributed by atoms with E-state index < -0.39 is 0 Å². The number of hydrazine groups is 1. The lowest BCUT2D eigenvalue weighted by molar-refractivity contribution is 0.0923. The summed E-state index contributed by atoms with van der Waals surface area (Å²) in [5, 5.41) is 0. The highest BCUT2D eigenvalue weighted by Gasteiger charge is 2.15. The van der Waals surface area contributed by atoms with Gasteiger partial charge < -0.3 is 4.42 Å². The van der Waals surface area contributed by atoms with Gasteiger partial charge in [-0.25, -0.2) is 5.84 Å². The standard InChI is InChI=1S/C10H17N3O2/c1-3-13(4-2)7-8-5-6-15-9(8)10(14)12-11/h5-6H,3-4,7,11H2,1-2H3,(H,12,14). The molecule has 0 saturated heterocycles. The highest BCUT2D eigenvalue weighted by atomic mass is 16.3. The maximum Gasteiger partial charge on any atom is 0.301 e. The molecule has 0 unspecified atom stereocenters. The van der Waals surface area contributed by atoms with E-state index in [1.54, 1.807) is 6.07 Å². The highest BCUT2D eigenvalue weighted by molar-refractivity contribution is 5.92. The Kier molecular flexibility index (Phi) is 4.33. The van der Waals surface area contributed by atoms with E-state index in [2.05, 4.69) is 24.2 Å². The summed E-state index contributed by atoms with van der Waals surface area (Å²) in [4.78, 5) is 13.5. The first kappa shape index (κ1) is 11.7. The number of carbonyl (C=O) groups excluding carboxylic acids is 1. The first-order chi connectivity index (χ1) is 7.22. The number of hydrogen-bond donors (Lipinski definition) is 2. The highest BCUT2D eigenvalue weighted by Crippen LogP contribution is 2.12. The molecule has 1 rings (SSSR count). The minimum atomic E-state index is -0.387. The molecule has 0 aromatic carbocycles. The second kappa shape index (κ2) is 5.53. The van der Waals surface area contributed by atoms with Crippen molar-refractivity contribution in [3.63, 3.8) is 0 Å². The normalized spacial score (nSPS) is 10.7. The molecule has 0 spiro atoms. The SMILES string of the molecule is CCN(CC)Cc1ccoc1C(=O)NN. The Morgan fingerprint density at radius 2 is 2.20 bits per heavy atom. The minimum Gasteiger partial charge on any atom is -0.459 e. The summed E-state index contributed by atoms with van der Waals surface area (Å²) in [6.07, 6.45) is 1.50. The van der Waals surface area contributed by atoms with E-state index >= 15 is 0 Å². The van der Waals surface area contributed by atoms with E-state index in [1.165, 1.54) is 6.26 Å². The minimum absolute atomic E-state index is 0.296. The fraction of sp³-hybridized carbons (Fsp3) is 0.500. The molecule has 84 valence electrons. The molecule has 0 radical (unpaired) electrons. The lowest BCUT2D eigenvalue weighted by Gasteiger charge is -2.17. The lowest BCUT2D eigenvalue weighted by Crippen LogP contribution is -2.31. The molecule has 0 bridgehead atoms. The molecule has 0 atom stereocenters. The summed E-state index contributed by atoms with van der Waals surface area (Å²) in [7, 11) is 0. The fourth-order valence-corrected chi connectivity index (χ4v) is 1.41.